The third kappa shape index (κ3) is 2.37. The van der Waals surface area contributed by atoms with Crippen molar-refractivity contribution in [3.63, 3.8) is 0 Å². The quantitative estimate of drug-likeness (QED) is 0.819. The minimum atomic E-state index is -0.675. The third-order valence-corrected chi connectivity index (χ3v) is 4.69. The van der Waals surface area contributed by atoms with Crippen molar-refractivity contribution in [3.8, 4) is 11.8 Å². The number of anilines is 1. The van der Waals surface area contributed by atoms with Crippen LogP contribution in [0.2, 0.25) is 0 Å². The van der Waals surface area contributed by atoms with E-state index in [2.05, 4.69) is 11.4 Å². The highest BCUT2D eigenvalue weighted by Gasteiger charge is 2.34. The number of hydrogen-bond donors (Lipinski definition) is 2. The van der Waals surface area contributed by atoms with Crippen LogP contribution in [0.5, 0.6) is 5.75 Å². The molecule has 1 atom stereocenters. The smallest absolute Gasteiger partial charge is 0.332 e. The molecule has 0 aliphatic carbocycles. The first-order valence-electron chi connectivity index (χ1n) is 7.93. The molecule has 0 unspecified atom stereocenters. The Morgan fingerprint density at radius 2 is 1.96 bits per heavy atom. The minimum absolute atomic E-state index is 0.127. The molecule has 0 radical (unpaired) electrons. The summed E-state index contributed by atoms with van der Waals surface area (Å²) in [6, 6.07) is 7.53. The van der Waals surface area contributed by atoms with Gasteiger partial charge < -0.3 is 15.8 Å². The van der Waals surface area contributed by atoms with Crippen LogP contribution >= 0.6 is 0 Å². The predicted octanol–water partition coefficient (Wildman–Crippen LogP) is 0.652. The monoisotopic (exact) mass is 353 g/mol. The van der Waals surface area contributed by atoms with Crippen LogP contribution in [0.1, 0.15) is 22.6 Å². The molecule has 1 aromatic carbocycles. The van der Waals surface area contributed by atoms with Gasteiger partial charge in [-0.15, -0.1) is 0 Å². The van der Waals surface area contributed by atoms with Crippen LogP contribution in [0, 0.1) is 18.3 Å². The molecule has 3 N–H and O–H groups in total. The van der Waals surface area contributed by atoms with Crippen LogP contribution in [0.15, 0.2) is 39.2 Å². The lowest BCUT2D eigenvalue weighted by molar-refractivity contribution is 0.411. The molecule has 1 aliphatic rings. The van der Waals surface area contributed by atoms with Gasteiger partial charge in [-0.25, -0.2) is 4.79 Å². The lowest BCUT2D eigenvalue weighted by Gasteiger charge is -2.28. The van der Waals surface area contributed by atoms with Gasteiger partial charge in [0.25, 0.3) is 5.56 Å². The molecule has 0 bridgehead atoms. The minimum Gasteiger partial charge on any atom is -0.496 e. The van der Waals surface area contributed by atoms with E-state index in [9.17, 15) is 14.9 Å². The Labute approximate surface area is 149 Å². The van der Waals surface area contributed by atoms with Crippen molar-refractivity contribution in [3.05, 3.63) is 67.1 Å². The summed E-state index contributed by atoms with van der Waals surface area (Å²) in [5, 5.41) is 12.5. The van der Waals surface area contributed by atoms with Gasteiger partial charge >= 0.3 is 5.69 Å². The Hall–Kier alpha value is -3.47. The molecule has 1 aliphatic heterocycles. The Morgan fingerprint density at radius 3 is 2.54 bits per heavy atom. The highest BCUT2D eigenvalue weighted by molar-refractivity contribution is 5.64. The number of nitrogens with zero attached hydrogens (tertiary/aromatic N) is 3. The molecule has 2 heterocycles. The number of nitrogens with two attached hydrogens (primary N) is 1. The second kappa shape index (κ2) is 6.11. The van der Waals surface area contributed by atoms with Crippen LogP contribution in [0.3, 0.4) is 0 Å². The van der Waals surface area contributed by atoms with Crippen LogP contribution in [0.4, 0.5) is 5.82 Å². The Morgan fingerprint density at radius 1 is 1.27 bits per heavy atom. The first kappa shape index (κ1) is 17.4. The zero-order valence-electron chi connectivity index (χ0n) is 15.0. The molecule has 0 amide bonds. The van der Waals surface area contributed by atoms with Gasteiger partial charge in [0.15, 0.2) is 0 Å². The number of nitrogens with one attached hydrogen (secondary N) is 1. The summed E-state index contributed by atoms with van der Waals surface area (Å²) >= 11 is 0. The maximum atomic E-state index is 12.9. The molecule has 2 aromatic rings. The highest BCUT2D eigenvalue weighted by atomic mass is 16.5. The van der Waals surface area contributed by atoms with E-state index in [0.717, 1.165) is 15.7 Å². The van der Waals surface area contributed by atoms with Gasteiger partial charge in [-0.2, -0.15) is 5.26 Å². The maximum Gasteiger partial charge on any atom is 0.332 e. The number of fused-ring (bicyclic) bond motifs is 1. The Bertz CT molecular complexity index is 1100. The van der Waals surface area contributed by atoms with E-state index >= 15 is 0 Å². The van der Waals surface area contributed by atoms with E-state index < -0.39 is 17.2 Å². The molecule has 0 spiro atoms. The summed E-state index contributed by atoms with van der Waals surface area (Å²) in [5.41, 5.74) is 7.22. The summed E-state index contributed by atoms with van der Waals surface area (Å²) < 4.78 is 7.63. The number of hydrogen-bond acceptors (Lipinski definition) is 6. The number of benzene rings is 1. The van der Waals surface area contributed by atoms with Crippen molar-refractivity contribution in [2.45, 2.75) is 12.8 Å². The fourth-order valence-electron chi connectivity index (χ4n) is 3.32. The van der Waals surface area contributed by atoms with Gasteiger partial charge in [-0.3, -0.25) is 13.9 Å². The molecule has 0 saturated carbocycles. The van der Waals surface area contributed by atoms with Crippen LogP contribution in [0.25, 0.3) is 0 Å². The standard InChI is InChI=1S/C18H19N5O3/c1-9-7-10(5-6-12(9)26-4)13-11(8-19)15(20)21-16-14(13)17(24)23(3)18(25)22(16)2/h5-7,13,21H,20H2,1-4H3/t13-/m0/s1. The fourth-order valence-corrected chi connectivity index (χ4v) is 3.32. The summed E-state index contributed by atoms with van der Waals surface area (Å²) in [7, 11) is 4.54. The van der Waals surface area contributed by atoms with Gasteiger partial charge in [0.2, 0.25) is 0 Å². The third-order valence-electron chi connectivity index (χ3n) is 4.69. The van der Waals surface area contributed by atoms with Crippen molar-refractivity contribution < 1.29 is 4.74 Å². The Balaban J connectivity index is 2.39. The van der Waals surface area contributed by atoms with Gasteiger partial charge in [0, 0.05) is 14.1 Å². The van der Waals surface area contributed by atoms with E-state index in [-0.39, 0.29) is 11.4 Å². The van der Waals surface area contributed by atoms with Crippen LogP contribution in [-0.4, -0.2) is 16.2 Å². The SMILES string of the molecule is COc1ccc([C@H]2C(C#N)=C(N)Nc3c2c(=O)n(C)c(=O)n3C)cc1C. The second-order valence-electron chi connectivity index (χ2n) is 6.19. The highest BCUT2D eigenvalue weighted by Crippen LogP contribution is 2.39. The van der Waals surface area contributed by atoms with Gasteiger partial charge in [-0.05, 0) is 24.1 Å². The molecule has 8 heteroatoms. The van der Waals surface area contributed by atoms with E-state index in [1.165, 1.54) is 11.6 Å². The van der Waals surface area contributed by atoms with E-state index in [4.69, 9.17) is 10.5 Å². The van der Waals surface area contributed by atoms with E-state index in [0.29, 0.717) is 17.1 Å². The number of nitriles is 1. The number of aryl methyl sites for hydroxylation is 1. The average molecular weight is 353 g/mol. The zero-order chi connectivity index (χ0) is 19.2. The number of rotatable bonds is 2. The molecule has 26 heavy (non-hydrogen) atoms. The van der Waals surface area contributed by atoms with Crippen molar-refractivity contribution in [2.24, 2.45) is 19.8 Å². The van der Waals surface area contributed by atoms with Crippen LogP contribution in [-0.2, 0) is 14.1 Å². The normalized spacial score (nSPS) is 15.9. The molecule has 3 rings (SSSR count). The predicted molar refractivity (Wildman–Crippen MR) is 96.9 cm³/mol. The molecule has 0 saturated heterocycles. The summed E-state index contributed by atoms with van der Waals surface area (Å²) in [6.07, 6.45) is 0. The van der Waals surface area contributed by atoms with Gasteiger partial charge in [0.1, 0.15) is 17.4 Å². The van der Waals surface area contributed by atoms with Crippen molar-refractivity contribution in [1.29, 1.82) is 5.26 Å². The summed E-state index contributed by atoms with van der Waals surface area (Å²) in [4.78, 5) is 25.1. The number of aromatic nitrogens is 2. The molecule has 134 valence electrons. The number of allylic oxidation sites excluding steroid dienone is 1. The van der Waals surface area contributed by atoms with E-state index in [1.807, 2.05) is 13.0 Å². The first-order valence-corrected chi connectivity index (χ1v) is 7.93. The lowest BCUT2D eigenvalue weighted by atomic mass is 9.83. The first-order chi connectivity index (χ1) is 12.3. The maximum absolute atomic E-state index is 12.9. The Kier molecular flexibility index (Phi) is 4.08. The topological polar surface area (TPSA) is 115 Å². The lowest BCUT2D eigenvalue weighted by Crippen LogP contribution is -2.43. The van der Waals surface area contributed by atoms with Crippen molar-refractivity contribution in [2.75, 3.05) is 12.4 Å². The second-order valence-corrected chi connectivity index (χ2v) is 6.19. The van der Waals surface area contributed by atoms with Crippen LogP contribution < -0.4 is 27.0 Å². The molecule has 0 fully saturated rings. The van der Waals surface area contributed by atoms with Crippen molar-refractivity contribution >= 4 is 5.82 Å². The average Bonchev–Trinajstić information content (AvgIpc) is 2.63. The summed E-state index contributed by atoms with van der Waals surface area (Å²) in [6.45, 7) is 1.88. The van der Waals surface area contributed by atoms with Crippen molar-refractivity contribution in [1.82, 2.24) is 9.13 Å². The zero-order valence-corrected chi connectivity index (χ0v) is 15.0. The van der Waals surface area contributed by atoms with E-state index in [1.54, 1.807) is 26.3 Å². The molecular weight excluding hydrogens is 334 g/mol. The molecule has 8 nitrogen and oxygen atoms in total. The number of ether oxygens (including phenoxy) is 1. The van der Waals surface area contributed by atoms with Gasteiger partial charge in [0.05, 0.1) is 30.2 Å². The molecule has 1 aromatic heterocycles. The number of methoxy groups -OCH3 is 1. The summed E-state index contributed by atoms with van der Waals surface area (Å²) in [5.74, 6) is 0.452. The largest absolute Gasteiger partial charge is 0.496 e. The molecular formula is C18H19N5O3. The van der Waals surface area contributed by atoms with Gasteiger partial charge in [-0.1, -0.05) is 12.1 Å². The fraction of sp³-hybridized carbons (Fsp3) is 0.278.